The number of aromatic amines is 1. The Morgan fingerprint density at radius 2 is 2.20 bits per heavy atom. The van der Waals surface area contributed by atoms with Crippen molar-refractivity contribution in [1.82, 2.24) is 4.98 Å². The topological polar surface area (TPSA) is 41.8 Å². The molecule has 3 heteroatoms. The minimum absolute atomic E-state index is 0.126. The van der Waals surface area contributed by atoms with Crippen LogP contribution in [-0.4, -0.2) is 11.0 Å². The summed E-state index contributed by atoms with van der Waals surface area (Å²) in [5, 5.41) is 1.94. The Kier molecular flexibility index (Phi) is 2.72. The van der Waals surface area contributed by atoms with Gasteiger partial charge in [-0.1, -0.05) is 23.7 Å². The highest BCUT2D eigenvalue weighted by Gasteiger charge is 2.12. The fourth-order valence-corrected chi connectivity index (χ4v) is 2.26. The monoisotopic (exact) mass is 222 g/mol. The summed E-state index contributed by atoms with van der Waals surface area (Å²) in [5.74, 6) is 0. The van der Waals surface area contributed by atoms with Gasteiger partial charge in [0.15, 0.2) is 0 Å². The third-order valence-electron chi connectivity index (χ3n) is 2.61. The van der Waals surface area contributed by atoms with Crippen molar-refractivity contribution in [3.8, 4) is 0 Å². The van der Waals surface area contributed by atoms with Gasteiger partial charge in [-0.15, -0.1) is 0 Å². The van der Waals surface area contributed by atoms with E-state index in [2.05, 4.69) is 18.0 Å². The van der Waals surface area contributed by atoms with Crippen LogP contribution in [0.4, 0.5) is 0 Å². The fraction of sp³-hybridized carbons (Fsp3) is 0.333. The summed E-state index contributed by atoms with van der Waals surface area (Å²) in [5.41, 5.74) is 9.29. The molecule has 0 saturated heterocycles. The van der Waals surface area contributed by atoms with E-state index < -0.39 is 0 Å². The molecule has 0 radical (unpaired) electrons. The van der Waals surface area contributed by atoms with Crippen molar-refractivity contribution in [2.75, 3.05) is 0 Å². The van der Waals surface area contributed by atoms with Crippen LogP contribution in [0.3, 0.4) is 0 Å². The lowest BCUT2D eigenvalue weighted by Gasteiger charge is -2.05. The van der Waals surface area contributed by atoms with Crippen LogP contribution in [-0.2, 0) is 6.42 Å². The van der Waals surface area contributed by atoms with Crippen LogP contribution in [0.25, 0.3) is 10.9 Å². The lowest BCUT2D eigenvalue weighted by atomic mass is 10.0. The third-order valence-corrected chi connectivity index (χ3v) is 2.93. The van der Waals surface area contributed by atoms with Gasteiger partial charge in [-0.3, -0.25) is 0 Å². The number of halogens is 1. The van der Waals surface area contributed by atoms with Gasteiger partial charge >= 0.3 is 0 Å². The number of rotatable bonds is 2. The van der Waals surface area contributed by atoms with Crippen molar-refractivity contribution in [1.29, 1.82) is 0 Å². The zero-order valence-electron chi connectivity index (χ0n) is 8.97. The number of aromatic nitrogens is 1. The first kappa shape index (κ1) is 10.5. The van der Waals surface area contributed by atoms with Crippen LogP contribution < -0.4 is 5.73 Å². The second-order valence-corrected chi connectivity index (χ2v) is 4.47. The fourth-order valence-electron chi connectivity index (χ4n) is 1.99. The number of hydrogen-bond donors (Lipinski definition) is 2. The highest BCUT2D eigenvalue weighted by Crippen LogP contribution is 2.29. The van der Waals surface area contributed by atoms with E-state index in [4.69, 9.17) is 17.3 Å². The molecule has 80 valence electrons. The normalized spacial score (nSPS) is 13.3. The number of hydrogen-bond acceptors (Lipinski definition) is 1. The summed E-state index contributed by atoms with van der Waals surface area (Å²) in [6.45, 7) is 4.09. The number of benzene rings is 1. The molecule has 1 aromatic heterocycles. The molecular weight excluding hydrogens is 208 g/mol. The van der Waals surface area contributed by atoms with Gasteiger partial charge in [-0.2, -0.15) is 0 Å². The highest BCUT2D eigenvalue weighted by molar-refractivity contribution is 6.31. The van der Waals surface area contributed by atoms with E-state index >= 15 is 0 Å². The molecule has 0 bridgehead atoms. The average Bonchev–Trinajstić information content (AvgIpc) is 2.43. The SMILES string of the molecule is Cc1cccc2[nH]c(Cl)c(CC(C)N)c12. The molecular formula is C12H15ClN2. The van der Waals surface area contributed by atoms with Gasteiger partial charge in [0.2, 0.25) is 0 Å². The standard InChI is InChI=1S/C12H15ClN2/c1-7-4-3-5-10-11(7)9(6-8(2)14)12(13)15-10/h3-5,8,15H,6,14H2,1-2H3. The number of aryl methyl sites for hydroxylation is 1. The van der Waals surface area contributed by atoms with Crippen molar-refractivity contribution < 1.29 is 0 Å². The second kappa shape index (κ2) is 3.87. The van der Waals surface area contributed by atoms with Crippen molar-refractivity contribution in [2.45, 2.75) is 26.3 Å². The zero-order chi connectivity index (χ0) is 11.0. The number of nitrogens with two attached hydrogens (primary N) is 1. The molecule has 2 aromatic rings. The summed E-state index contributed by atoms with van der Waals surface area (Å²) in [4.78, 5) is 3.18. The van der Waals surface area contributed by atoms with Gasteiger partial charge in [0, 0.05) is 16.9 Å². The molecule has 1 atom stereocenters. The van der Waals surface area contributed by atoms with Crippen LogP contribution in [0.5, 0.6) is 0 Å². The van der Waals surface area contributed by atoms with Gasteiger partial charge < -0.3 is 10.7 Å². The van der Waals surface area contributed by atoms with Crippen LogP contribution in [0.2, 0.25) is 5.15 Å². The smallest absolute Gasteiger partial charge is 0.110 e. The Hall–Kier alpha value is -0.990. The number of H-pyrrole nitrogens is 1. The van der Waals surface area contributed by atoms with E-state index in [0.717, 1.165) is 22.7 Å². The molecule has 1 heterocycles. The summed E-state index contributed by atoms with van der Waals surface area (Å²) in [6.07, 6.45) is 0.809. The first-order valence-electron chi connectivity index (χ1n) is 5.11. The molecule has 0 fully saturated rings. The van der Waals surface area contributed by atoms with Gasteiger partial charge in [0.1, 0.15) is 5.15 Å². The maximum absolute atomic E-state index is 6.17. The van der Waals surface area contributed by atoms with E-state index in [9.17, 15) is 0 Å². The lowest BCUT2D eigenvalue weighted by Crippen LogP contribution is -2.17. The summed E-state index contributed by atoms with van der Waals surface area (Å²) in [7, 11) is 0. The quantitative estimate of drug-likeness (QED) is 0.806. The van der Waals surface area contributed by atoms with Gasteiger partial charge in [-0.25, -0.2) is 0 Å². The number of fused-ring (bicyclic) bond motifs is 1. The lowest BCUT2D eigenvalue weighted by molar-refractivity contribution is 0.741. The largest absolute Gasteiger partial charge is 0.345 e. The Bertz CT molecular complexity index is 486. The minimum atomic E-state index is 0.126. The Morgan fingerprint density at radius 1 is 1.47 bits per heavy atom. The molecule has 2 nitrogen and oxygen atoms in total. The number of nitrogens with one attached hydrogen (secondary N) is 1. The van der Waals surface area contributed by atoms with Gasteiger partial charge in [0.25, 0.3) is 0 Å². The van der Waals surface area contributed by atoms with E-state index in [1.165, 1.54) is 10.9 Å². The molecule has 3 N–H and O–H groups in total. The summed E-state index contributed by atoms with van der Waals surface area (Å²) >= 11 is 6.17. The van der Waals surface area contributed by atoms with E-state index in [1.54, 1.807) is 0 Å². The van der Waals surface area contributed by atoms with Crippen molar-refractivity contribution in [3.05, 3.63) is 34.5 Å². The Labute approximate surface area is 94.4 Å². The molecule has 2 rings (SSSR count). The molecule has 0 aliphatic rings. The van der Waals surface area contributed by atoms with Crippen LogP contribution >= 0.6 is 11.6 Å². The molecule has 1 aromatic carbocycles. The molecule has 0 saturated carbocycles. The van der Waals surface area contributed by atoms with Crippen molar-refractivity contribution >= 4 is 22.5 Å². The zero-order valence-corrected chi connectivity index (χ0v) is 9.73. The Balaban J connectivity index is 2.65. The summed E-state index contributed by atoms with van der Waals surface area (Å²) in [6, 6.07) is 6.29. The molecule has 15 heavy (non-hydrogen) atoms. The minimum Gasteiger partial charge on any atom is -0.345 e. The van der Waals surface area contributed by atoms with Crippen molar-refractivity contribution in [2.24, 2.45) is 5.73 Å². The van der Waals surface area contributed by atoms with Crippen LogP contribution in [0, 0.1) is 6.92 Å². The Morgan fingerprint density at radius 3 is 2.87 bits per heavy atom. The van der Waals surface area contributed by atoms with E-state index in [1.807, 2.05) is 19.1 Å². The molecule has 0 amide bonds. The van der Waals surface area contributed by atoms with E-state index in [0.29, 0.717) is 0 Å². The van der Waals surface area contributed by atoms with Crippen molar-refractivity contribution in [3.63, 3.8) is 0 Å². The maximum Gasteiger partial charge on any atom is 0.110 e. The van der Waals surface area contributed by atoms with Crippen LogP contribution in [0.15, 0.2) is 18.2 Å². The summed E-state index contributed by atoms with van der Waals surface area (Å²) < 4.78 is 0. The van der Waals surface area contributed by atoms with Crippen LogP contribution in [0.1, 0.15) is 18.1 Å². The first-order valence-corrected chi connectivity index (χ1v) is 5.48. The third kappa shape index (κ3) is 1.87. The second-order valence-electron chi connectivity index (χ2n) is 4.10. The van der Waals surface area contributed by atoms with Gasteiger partial charge in [-0.05, 0) is 37.5 Å². The highest BCUT2D eigenvalue weighted by atomic mass is 35.5. The molecule has 0 aliphatic heterocycles. The molecule has 1 unspecified atom stereocenters. The predicted octanol–water partition coefficient (Wildman–Crippen LogP) is 3.02. The first-order chi connectivity index (χ1) is 7.09. The molecule has 0 spiro atoms. The maximum atomic E-state index is 6.17. The average molecular weight is 223 g/mol. The predicted molar refractivity (Wildman–Crippen MR) is 65.4 cm³/mol. The van der Waals surface area contributed by atoms with Gasteiger partial charge in [0.05, 0.1) is 0 Å². The van der Waals surface area contributed by atoms with E-state index in [-0.39, 0.29) is 6.04 Å². The molecule has 0 aliphatic carbocycles.